The standard InChI is InChI=1S/C13H23F3N2O3/c14-13(15,16)10-20-9-4-12(19)18-6-2-11(3-7-18)21-8-1-5-17/h11H,1-10,17H2. The second-order valence-corrected chi connectivity index (χ2v) is 5.01. The summed E-state index contributed by atoms with van der Waals surface area (Å²) in [5.74, 6) is -0.169. The van der Waals surface area contributed by atoms with Crippen molar-refractivity contribution >= 4 is 5.91 Å². The van der Waals surface area contributed by atoms with E-state index in [1.807, 2.05) is 0 Å². The molecule has 1 saturated heterocycles. The fourth-order valence-corrected chi connectivity index (χ4v) is 2.11. The van der Waals surface area contributed by atoms with Crippen LogP contribution in [0.3, 0.4) is 0 Å². The first-order chi connectivity index (χ1) is 9.92. The largest absolute Gasteiger partial charge is 0.411 e. The highest BCUT2D eigenvalue weighted by molar-refractivity contribution is 5.76. The molecule has 0 atom stereocenters. The van der Waals surface area contributed by atoms with Gasteiger partial charge in [-0.3, -0.25) is 4.79 Å². The molecule has 1 aliphatic rings. The number of rotatable bonds is 8. The summed E-state index contributed by atoms with van der Waals surface area (Å²) in [5, 5.41) is 0. The van der Waals surface area contributed by atoms with E-state index in [2.05, 4.69) is 4.74 Å². The lowest BCUT2D eigenvalue weighted by Crippen LogP contribution is -2.41. The molecule has 0 aliphatic carbocycles. The van der Waals surface area contributed by atoms with Gasteiger partial charge in [-0.15, -0.1) is 0 Å². The molecule has 1 fully saturated rings. The number of nitrogens with two attached hydrogens (primary N) is 1. The van der Waals surface area contributed by atoms with Gasteiger partial charge in [0.1, 0.15) is 6.61 Å². The summed E-state index contributed by atoms with van der Waals surface area (Å²) in [6, 6.07) is 0. The van der Waals surface area contributed by atoms with Gasteiger partial charge in [0.15, 0.2) is 0 Å². The lowest BCUT2D eigenvalue weighted by atomic mass is 10.1. The molecular formula is C13H23F3N2O3. The molecule has 124 valence electrons. The van der Waals surface area contributed by atoms with E-state index in [-0.39, 0.29) is 25.0 Å². The molecule has 0 radical (unpaired) electrons. The Morgan fingerprint density at radius 1 is 1.24 bits per heavy atom. The van der Waals surface area contributed by atoms with Crippen LogP contribution in [-0.4, -0.2) is 62.5 Å². The van der Waals surface area contributed by atoms with Gasteiger partial charge in [0.2, 0.25) is 5.91 Å². The molecule has 0 aromatic carbocycles. The number of nitrogens with zero attached hydrogens (tertiary/aromatic N) is 1. The summed E-state index contributed by atoms with van der Waals surface area (Å²) in [6.07, 6.45) is -1.91. The number of likely N-dealkylation sites (tertiary alicyclic amines) is 1. The number of hydrogen-bond acceptors (Lipinski definition) is 4. The van der Waals surface area contributed by atoms with E-state index in [4.69, 9.17) is 10.5 Å². The van der Waals surface area contributed by atoms with Crippen molar-refractivity contribution in [3.05, 3.63) is 0 Å². The van der Waals surface area contributed by atoms with Gasteiger partial charge in [-0.2, -0.15) is 13.2 Å². The van der Waals surface area contributed by atoms with E-state index >= 15 is 0 Å². The van der Waals surface area contributed by atoms with Gasteiger partial charge in [-0.25, -0.2) is 0 Å². The highest BCUT2D eigenvalue weighted by atomic mass is 19.4. The number of amides is 1. The second kappa shape index (κ2) is 9.22. The quantitative estimate of drug-likeness (QED) is 0.686. The number of hydrogen-bond donors (Lipinski definition) is 1. The zero-order valence-electron chi connectivity index (χ0n) is 12.0. The topological polar surface area (TPSA) is 64.8 Å². The molecule has 2 N–H and O–H groups in total. The van der Waals surface area contributed by atoms with Gasteiger partial charge in [0, 0.05) is 19.7 Å². The van der Waals surface area contributed by atoms with Crippen molar-refractivity contribution in [2.24, 2.45) is 5.73 Å². The Morgan fingerprint density at radius 3 is 2.48 bits per heavy atom. The summed E-state index contributed by atoms with van der Waals surface area (Å²) >= 11 is 0. The Morgan fingerprint density at radius 2 is 1.90 bits per heavy atom. The monoisotopic (exact) mass is 312 g/mol. The van der Waals surface area contributed by atoms with Crippen LogP contribution in [0.15, 0.2) is 0 Å². The Labute approximate surface area is 122 Å². The maximum absolute atomic E-state index is 11.9. The highest BCUT2D eigenvalue weighted by Gasteiger charge is 2.28. The molecule has 1 aliphatic heterocycles. The average molecular weight is 312 g/mol. The first-order valence-corrected chi connectivity index (χ1v) is 7.16. The number of piperidine rings is 1. The lowest BCUT2D eigenvalue weighted by molar-refractivity contribution is -0.175. The zero-order chi connectivity index (χ0) is 15.7. The third-order valence-corrected chi connectivity index (χ3v) is 3.22. The molecule has 0 bridgehead atoms. The number of ether oxygens (including phenoxy) is 2. The van der Waals surface area contributed by atoms with Crippen molar-refractivity contribution in [3.8, 4) is 0 Å². The van der Waals surface area contributed by atoms with Crippen molar-refractivity contribution in [1.29, 1.82) is 0 Å². The van der Waals surface area contributed by atoms with E-state index in [1.165, 1.54) is 0 Å². The minimum atomic E-state index is -4.34. The summed E-state index contributed by atoms with van der Waals surface area (Å²) in [4.78, 5) is 13.4. The van der Waals surface area contributed by atoms with Crippen LogP contribution in [-0.2, 0) is 14.3 Å². The van der Waals surface area contributed by atoms with Gasteiger partial charge < -0.3 is 20.1 Å². The van der Waals surface area contributed by atoms with Crippen molar-refractivity contribution in [2.45, 2.75) is 38.0 Å². The highest BCUT2D eigenvalue weighted by Crippen LogP contribution is 2.16. The van der Waals surface area contributed by atoms with E-state index in [0.29, 0.717) is 26.2 Å². The molecule has 0 aromatic heterocycles. The fourth-order valence-electron chi connectivity index (χ4n) is 2.11. The zero-order valence-corrected chi connectivity index (χ0v) is 12.0. The van der Waals surface area contributed by atoms with Crippen molar-refractivity contribution < 1.29 is 27.4 Å². The van der Waals surface area contributed by atoms with E-state index in [0.717, 1.165) is 19.3 Å². The number of halogens is 3. The van der Waals surface area contributed by atoms with Gasteiger partial charge in [0.05, 0.1) is 19.1 Å². The Bertz CT molecular complexity index is 306. The van der Waals surface area contributed by atoms with Gasteiger partial charge in [0.25, 0.3) is 0 Å². The van der Waals surface area contributed by atoms with Crippen LogP contribution >= 0.6 is 0 Å². The summed E-state index contributed by atoms with van der Waals surface area (Å²) in [7, 11) is 0. The molecule has 21 heavy (non-hydrogen) atoms. The maximum Gasteiger partial charge on any atom is 0.411 e. The van der Waals surface area contributed by atoms with Crippen LogP contribution in [0, 0.1) is 0 Å². The van der Waals surface area contributed by atoms with E-state index in [1.54, 1.807) is 4.90 Å². The number of carbonyl (C=O) groups excluding carboxylic acids is 1. The van der Waals surface area contributed by atoms with Crippen LogP contribution < -0.4 is 5.73 Å². The number of alkyl halides is 3. The van der Waals surface area contributed by atoms with Crippen molar-refractivity contribution in [2.75, 3.05) is 39.5 Å². The Kier molecular flexibility index (Phi) is 7.98. The van der Waals surface area contributed by atoms with Gasteiger partial charge in [-0.1, -0.05) is 0 Å². The predicted octanol–water partition coefficient (Wildman–Crippen LogP) is 1.31. The van der Waals surface area contributed by atoms with Crippen molar-refractivity contribution in [3.63, 3.8) is 0 Å². The molecule has 0 spiro atoms. The van der Waals surface area contributed by atoms with Crippen molar-refractivity contribution in [1.82, 2.24) is 4.90 Å². The molecule has 0 unspecified atom stereocenters. The molecule has 0 aromatic rings. The summed E-state index contributed by atoms with van der Waals surface area (Å²) in [5.41, 5.74) is 5.38. The average Bonchev–Trinajstić information content (AvgIpc) is 2.43. The minimum absolute atomic E-state index is 0.0191. The van der Waals surface area contributed by atoms with Crippen LogP contribution in [0.4, 0.5) is 13.2 Å². The first-order valence-electron chi connectivity index (χ1n) is 7.16. The molecule has 8 heteroatoms. The SMILES string of the molecule is NCCCOC1CCN(C(=O)CCOCC(F)(F)F)CC1. The predicted molar refractivity (Wildman–Crippen MR) is 70.7 cm³/mol. The Balaban J connectivity index is 2.11. The maximum atomic E-state index is 11.9. The molecule has 1 heterocycles. The minimum Gasteiger partial charge on any atom is -0.378 e. The molecule has 0 saturated carbocycles. The van der Waals surface area contributed by atoms with Crippen LogP contribution in [0.2, 0.25) is 0 Å². The molecule has 1 amide bonds. The van der Waals surface area contributed by atoms with E-state index < -0.39 is 12.8 Å². The fraction of sp³-hybridized carbons (Fsp3) is 0.923. The van der Waals surface area contributed by atoms with Crippen LogP contribution in [0.5, 0.6) is 0 Å². The second-order valence-electron chi connectivity index (χ2n) is 5.01. The van der Waals surface area contributed by atoms with Crippen LogP contribution in [0.25, 0.3) is 0 Å². The molecular weight excluding hydrogens is 289 g/mol. The number of carbonyl (C=O) groups is 1. The third-order valence-electron chi connectivity index (χ3n) is 3.22. The van der Waals surface area contributed by atoms with Gasteiger partial charge in [-0.05, 0) is 25.8 Å². The normalized spacial score (nSPS) is 17.2. The van der Waals surface area contributed by atoms with Gasteiger partial charge >= 0.3 is 6.18 Å². The molecule has 1 rings (SSSR count). The Hall–Kier alpha value is -0.860. The molecule has 5 nitrogen and oxygen atoms in total. The van der Waals surface area contributed by atoms with E-state index in [9.17, 15) is 18.0 Å². The summed E-state index contributed by atoms with van der Waals surface area (Å²) in [6.45, 7) is 0.856. The smallest absolute Gasteiger partial charge is 0.378 e. The lowest BCUT2D eigenvalue weighted by Gasteiger charge is -2.32. The summed E-state index contributed by atoms with van der Waals surface area (Å²) < 4.78 is 45.6. The van der Waals surface area contributed by atoms with Crippen LogP contribution in [0.1, 0.15) is 25.7 Å². The first kappa shape index (κ1) is 18.2. The third kappa shape index (κ3) is 8.23.